The minimum Gasteiger partial charge on any atom is -0.241 e. The lowest BCUT2D eigenvalue weighted by Gasteiger charge is -2.06. The van der Waals surface area contributed by atoms with Crippen LogP contribution in [0.2, 0.25) is 0 Å². The second-order valence-electron chi connectivity index (χ2n) is 7.57. The van der Waals surface area contributed by atoms with Gasteiger partial charge in [0.25, 0.3) is 0 Å². The number of hydrogen-bond acceptors (Lipinski definition) is 3. The maximum absolute atomic E-state index is 4.59. The van der Waals surface area contributed by atoms with Crippen molar-refractivity contribution in [1.82, 2.24) is 19.7 Å². The Hall–Kier alpha value is -2.23. The van der Waals surface area contributed by atoms with E-state index in [-0.39, 0.29) is 0 Å². The zero-order chi connectivity index (χ0) is 15.0. The van der Waals surface area contributed by atoms with Crippen LogP contribution < -0.4 is 0 Å². The molecule has 0 saturated heterocycles. The van der Waals surface area contributed by atoms with E-state index in [1.807, 2.05) is 10.9 Å². The smallest absolute Gasteiger partial charge is 0.157 e. The van der Waals surface area contributed by atoms with E-state index in [1.165, 1.54) is 48.6 Å². The maximum atomic E-state index is 4.59. The Balaban J connectivity index is 1.46. The average molecular weight is 302 g/mol. The molecule has 0 N–H and O–H groups in total. The van der Waals surface area contributed by atoms with Crippen LogP contribution in [0.15, 0.2) is 36.8 Å². The first-order chi connectivity index (χ1) is 11.3. The fourth-order valence-corrected chi connectivity index (χ4v) is 4.05. The van der Waals surface area contributed by atoms with Crippen molar-refractivity contribution in [2.24, 2.45) is 5.41 Å². The van der Waals surface area contributed by atoms with Crippen molar-refractivity contribution in [2.45, 2.75) is 43.9 Å². The Morgan fingerprint density at radius 1 is 1.09 bits per heavy atom. The monoisotopic (exact) mass is 302 g/mol. The van der Waals surface area contributed by atoms with Crippen LogP contribution in [0.4, 0.5) is 0 Å². The summed E-state index contributed by atoms with van der Waals surface area (Å²) < 4.78 is 1.98. The lowest BCUT2D eigenvalue weighted by atomic mass is 10.1. The molecule has 3 saturated carbocycles. The van der Waals surface area contributed by atoms with E-state index in [0.717, 1.165) is 17.4 Å². The molecule has 3 aliphatic carbocycles. The topological polar surface area (TPSA) is 43.6 Å². The molecule has 0 unspecified atom stereocenters. The zero-order valence-electron chi connectivity index (χ0n) is 12.9. The van der Waals surface area contributed by atoms with E-state index in [1.54, 1.807) is 6.33 Å². The molecule has 3 fully saturated rings. The zero-order valence-corrected chi connectivity index (χ0v) is 12.9. The number of nitrogens with zero attached hydrogens (tertiary/aromatic N) is 4. The van der Waals surface area contributed by atoms with E-state index in [9.17, 15) is 0 Å². The number of fused-ring (bicyclic) bond motifs is 1. The lowest BCUT2D eigenvalue weighted by Crippen LogP contribution is -2.01. The molecule has 1 spiro atoms. The Morgan fingerprint density at radius 2 is 2.00 bits per heavy atom. The highest BCUT2D eigenvalue weighted by Crippen LogP contribution is 2.75. The van der Waals surface area contributed by atoms with Crippen molar-refractivity contribution >= 4 is 10.9 Å². The van der Waals surface area contributed by atoms with Gasteiger partial charge in [-0.3, -0.25) is 0 Å². The third-order valence-electron chi connectivity index (χ3n) is 5.97. The molecule has 0 amide bonds. The fraction of sp³-hybridized carbons (Fsp3) is 0.421. The third kappa shape index (κ3) is 1.81. The van der Waals surface area contributed by atoms with Crippen molar-refractivity contribution in [3.05, 3.63) is 48.0 Å². The van der Waals surface area contributed by atoms with Gasteiger partial charge in [0.2, 0.25) is 0 Å². The van der Waals surface area contributed by atoms with E-state index in [4.69, 9.17) is 0 Å². The van der Waals surface area contributed by atoms with Gasteiger partial charge in [-0.15, -0.1) is 0 Å². The van der Waals surface area contributed by atoms with Gasteiger partial charge in [-0.25, -0.2) is 14.6 Å². The van der Waals surface area contributed by atoms with Crippen molar-refractivity contribution in [1.29, 1.82) is 0 Å². The van der Waals surface area contributed by atoms with Crippen molar-refractivity contribution in [2.75, 3.05) is 0 Å². The summed E-state index contributed by atoms with van der Waals surface area (Å²) in [6.07, 6.45) is 10.4. The van der Waals surface area contributed by atoms with Crippen LogP contribution in [0.25, 0.3) is 16.7 Å². The van der Waals surface area contributed by atoms with Gasteiger partial charge < -0.3 is 0 Å². The number of rotatable bonds is 3. The van der Waals surface area contributed by atoms with E-state index in [2.05, 4.69) is 39.3 Å². The molecule has 2 heterocycles. The normalized spacial score (nSPS) is 24.3. The quantitative estimate of drug-likeness (QED) is 0.735. The molecule has 23 heavy (non-hydrogen) atoms. The summed E-state index contributed by atoms with van der Waals surface area (Å²) in [6, 6.07) is 8.95. The van der Waals surface area contributed by atoms with Gasteiger partial charge in [-0.2, -0.15) is 5.10 Å². The predicted molar refractivity (Wildman–Crippen MR) is 87.7 cm³/mol. The minimum atomic E-state index is 0.635. The van der Waals surface area contributed by atoms with Gasteiger partial charge in [0.05, 0.1) is 11.7 Å². The first-order valence-corrected chi connectivity index (χ1v) is 8.62. The molecule has 114 valence electrons. The first kappa shape index (κ1) is 12.2. The van der Waals surface area contributed by atoms with Crippen LogP contribution in [0.1, 0.15) is 55.2 Å². The summed E-state index contributed by atoms with van der Waals surface area (Å²) in [7, 11) is 0. The molecule has 4 heteroatoms. The highest BCUT2D eigenvalue weighted by Gasteiger charge is 2.62. The van der Waals surface area contributed by atoms with Gasteiger partial charge >= 0.3 is 0 Å². The highest BCUT2D eigenvalue weighted by atomic mass is 15.3. The van der Waals surface area contributed by atoms with E-state index in [0.29, 0.717) is 11.3 Å². The van der Waals surface area contributed by atoms with Crippen LogP contribution in [0.3, 0.4) is 0 Å². The molecule has 6 rings (SSSR count). The summed E-state index contributed by atoms with van der Waals surface area (Å²) in [6.45, 7) is 0. The summed E-state index contributed by atoms with van der Waals surface area (Å²) in [5.74, 6) is 2.31. The Kier molecular flexibility index (Phi) is 2.12. The molecule has 0 aliphatic heterocycles. The summed E-state index contributed by atoms with van der Waals surface area (Å²) in [5, 5.41) is 5.77. The first-order valence-electron chi connectivity index (χ1n) is 8.62. The molecule has 2 aromatic heterocycles. The standard InChI is InChI=1S/C19H18N4/c1-2-12(1)16-8-18(21-11-20-16)23-17-7-13(3-4-14(17)10-22-23)15-9-19(15)5-6-19/h3-4,7-8,10-12,15H,1-2,5-6,9H2/t15-/m0/s1. The summed E-state index contributed by atoms with van der Waals surface area (Å²) in [4.78, 5) is 8.88. The second kappa shape index (κ2) is 3.99. The number of aromatic nitrogens is 4. The van der Waals surface area contributed by atoms with Crippen LogP contribution >= 0.6 is 0 Å². The number of hydrogen-bond donors (Lipinski definition) is 0. The van der Waals surface area contributed by atoms with Gasteiger partial charge in [-0.1, -0.05) is 12.1 Å². The molecule has 4 nitrogen and oxygen atoms in total. The molecule has 0 radical (unpaired) electrons. The Bertz CT molecular complexity index is 933. The van der Waals surface area contributed by atoms with Crippen LogP contribution in [-0.4, -0.2) is 19.7 Å². The molecule has 1 aromatic carbocycles. The molecule has 1 atom stereocenters. The van der Waals surface area contributed by atoms with E-state index >= 15 is 0 Å². The van der Waals surface area contributed by atoms with Crippen LogP contribution in [0, 0.1) is 5.41 Å². The third-order valence-corrected chi connectivity index (χ3v) is 5.97. The molecular weight excluding hydrogens is 284 g/mol. The minimum absolute atomic E-state index is 0.635. The highest BCUT2D eigenvalue weighted by molar-refractivity contribution is 5.81. The second-order valence-corrected chi connectivity index (χ2v) is 7.57. The summed E-state index contributed by atoms with van der Waals surface area (Å²) in [5.41, 5.74) is 4.50. The van der Waals surface area contributed by atoms with Gasteiger partial charge in [0.15, 0.2) is 5.82 Å². The SMILES string of the molecule is c1nc(C2CC2)cc(-n2ncc3ccc([C@@H]4CC45CC5)cc32)n1. The maximum Gasteiger partial charge on any atom is 0.157 e. The predicted octanol–water partition coefficient (Wildman–Crippen LogP) is 3.96. The van der Waals surface area contributed by atoms with Crippen LogP contribution in [-0.2, 0) is 0 Å². The van der Waals surface area contributed by atoms with Crippen molar-refractivity contribution in [3.8, 4) is 5.82 Å². The number of benzene rings is 1. The average Bonchev–Trinajstić information content (AvgIpc) is 3.49. The van der Waals surface area contributed by atoms with Crippen molar-refractivity contribution in [3.63, 3.8) is 0 Å². The van der Waals surface area contributed by atoms with Gasteiger partial charge in [0, 0.05) is 23.1 Å². The molecule has 3 aliphatic rings. The van der Waals surface area contributed by atoms with Gasteiger partial charge in [-0.05, 0) is 55.1 Å². The van der Waals surface area contributed by atoms with Crippen LogP contribution in [0.5, 0.6) is 0 Å². The van der Waals surface area contributed by atoms with Crippen molar-refractivity contribution < 1.29 is 0 Å². The van der Waals surface area contributed by atoms with E-state index < -0.39 is 0 Å². The molecular formula is C19H18N4. The largest absolute Gasteiger partial charge is 0.241 e. The molecule has 3 aromatic rings. The molecule has 0 bridgehead atoms. The fourth-order valence-electron chi connectivity index (χ4n) is 4.05. The lowest BCUT2D eigenvalue weighted by molar-refractivity contribution is 0.835. The Labute approximate surface area is 134 Å². The summed E-state index contributed by atoms with van der Waals surface area (Å²) >= 11 is 0. The Morgan fingerprint density at radius 3 is 2.78 bits per heavy atom. The van der Waals surface area contributed by atoms with Gasteiger partial charge in [0.1, 0.15) is 6.33 Å².